The normalized spacial score (nSPS) is 13.8. The number of ether oxygens (including phenoxy) is 1. The number of fused-ring (bicyclic) bond motifs is 3. The molecule has 7 nitrogen and oxygen atoms in total. The molecule has 0 saturated carbocycles. The summed E-state index contributed by atoms with van der Waals surface area (Å²) in [5, 5.41) is 14.5. The van der Waals surface area contributed by atoms with Crippen LogP contribution < -0.4 is 10.6 Å². The maximum atomic E-state index is 12.6. The van der Waals surface area contributed by atoms with Crippen LogP contribution in [0.4, 0.5) is 4.79 Å². The first-order valence-corrected chi connectivity index (χ1v) is 10.7. The summed E-state index contributed by atoms with van der Waals surface area (Å²) in [5.41, 5.74) is 3.38. The number of amides is 2. The minimum Gasteiger partial charge on any atom is -0.481 e. The van der Waals surface area contributed by atoms with E-state index in [-0.39, 0.29) is 25.0 Å². The Hall–Kier alpha value is -3.35. The Morgan fingerprint density at radius 1 is 1.00 bits per heavy atom. The largest absolute Gasteiger partial charge is 0.481 e. The van der Waals surface area contributed by atoms with Crippen LogP contribution in [0.3, 0.4) is 0 Å². The number of carboxylic acids is 1. The van der Waals surface area contributed by atoms with Crippen LogP contribution in [-0.4, -0.2) is 42.3 Å². The van der Waals surface area contributed by atoms with Crippen molar-refractivity contribution in [1.29, 1.82) is 0 Å². The Bertz CT molecular complexity index is 969. The average molecular weight is 439 g/mol. The lowest BCUT2D eigenvalue weighted by atomic mass is 9.93. The van der Waals surface area contributed by atoms with Crippen LogP contribution in [0, 0.1) is 11.3 Å². The van der Waals surface area contributed by atoms with E-state index in [1.54, 1.807) is 13.8 Å². The van der Waals surface area contributed by atoms with Crippen LogP contribution in [0.2, 0.25) is 0 Å². The molecule has 3 rings (SSSR count). The smallest absolute Gasteiger partial charge is 0.407 e. The number of carbonyl (C=O) groups is 3. The lowest BCUT2D eigenvalue weighted by Gasteiger charge is -2.25. The average Bonchev–Trinajstić information content (AvgIpc) is 3.08. The molecular formula is C25H30N2O5. The van der Waals surface area contributed by atoms with Crippen molar-refractivity contribution in [2.75, 3.05) is 13.2 Å². The van der Waals surface area contributed by atoms with E-state index in [9.17, 15) is 19.5 Å². The van der Waals surface area contributed by atoms with Crippen LogP contribution in [0.15, 0.2) is 48.5 Å². The summed E-state index contributed by atoms with van der Waals surface area (Å²) in [4.78, 5) is 36.4. The fourth-order valence-electron chi connectivity index (χ4n) is 3.80. The second-order valence-corrected chi connectivity index (χ2v) is 9.10. The van der Waals surface area contributed by atoms with Gasteiger partial charge in [-0.3, -0.25) is 9.59 Å². The molecule has 32 heavy (non-hydrogen) atoms. The van der Waals surface area contributed by atoms with E-state index in [2.05, 4.69) is 22.8 Å². The highest BCUT2D eigenvalue weighted by atomic mass is 16.5. The molecule has 0 spiro atoms. The lowest BCUT2D eigenvalue weighted by molar-refractivity contribution is -0.146. The predicted molar refractivity (Wildman–Crippen MR) is 121 cm³/mol. The summed E-state index contributed by atoms with van der Waals surface area (Å²) >= 11 is 0. The quantitative estimate of drug-likeness (QED) is 0.582. The summed E-state index contributed by atoms with van der Waals surface area (Å²) in [6, 6.07) is 15.3. The zero-order valence-corrected chi connectivity index (χ0v) is 18.8. The van der Waals surface area contributed by atoms with Crippen molar-refractivity contribution in [1.82, 2.24) is 10.6 Å². The van der Waals surface area contributed by atoms with Crippen molar-refractivity contribution < 1.29 is 24.2 Å². The van der Waals surface area contributed by atoms with Gasteiger partial charge in [-0.2, -0.15) is 0 Å². The van der Waals surface area contributed by atoms with Gasteiger partial charge in [-0.1, -0.05) is 62.4 Å². The number of carboxylic acid groups (broad SMARTS) is 1. The molecule has 0 aromatic heterocycles. The van der Waals surface area contributed by atoms with Crippen molar-refractivity contribution in [3.63, 3.8) is 0 Å². The zero-order chi connectivity index (χ0) is 23.5. The minimum atomic E-state index is -1.11. The molecule has 0 radical (unpaired) electrons. The lowest BCUT2D eigenvalue weighted by Crippen LogP contribution is -2.52. The first kappa shape index (κ1) is 23.3. The Kier molecular flexibility index (Phi) is 6.87. The maximum Gasteiger partial charge on any atom is 0.407 e. The molecule has 0 bridgehead atoms. The fraction of sp³-hybridized carbons (Fsp3) is 0.400. The third kappa shape index (κ3) is 4.93. The molecule has 1 aliphatic carbocycles. The number of alkyl carbamates (subject to hydrolysis) is 1. The number of carbonyl (C=O) groups excluding carboxylic acids is 2. The number of rotatable bonds is 8. The first-order chi connectivity index (χ1) is 15.1. The molecule has 0 heterocycles. The standard InChI is InChI=1S/C25H30N2O5/c1-15(2)21(22(28)26-14-25(3,4)23(29)30)27-24(31)32-13-20-18-11-7-5-9-16(18)17-10-6-8-12-19(17)20/h5-12,15,20-21H,13-14H2,1-4H3,(H,26,28)(H,27,31)(H,29,30)/t21-/m1/s1. The van der Waals surface area contributed by atoms with Gasteiger partial charge in [0.1, 0.15) is 12.6 Å². The van der Waals surface area contributed by atoms with Gasteiger partial charge in [-0.25, -0.2) is 4.79 Å². The summed E-state index contributed by atoms with van der Waals surface area (Å²) in [6.45, 7) is 6.76. The summed E-state index contributed by atoms with van der Waals surface area (Å²) < 4.78 is 5.53. The van der Waals surface area contributed by atoms with Gasteiger partial charge in [0, 0.05) is 12.5 Å². The molecule has 0 fully saturated rings. The Morgan fingerprint density at radius 3 is 2.03 bits per heavy atom. The van der Waals surface area contributed by atoms with E-state index in [4.69, 9.17) is 4.74 Å². The number of aliphatic carboxylic acids is 1. The molecule has 7 heteroatoms. The Balaban J connectivity index is 1.63. The van der Waals surface area contributed by atoms with Crippen LogP contribution in [-0.2, 0) is 14.3 Å². The van der Waals surface area contributed by atoms with E-state index in [1.807, 2.05) is 36.4 Å². The highest BCUT2D eigenvalue weighted by molar-refractivity contribution is 5.86. The monoisotopic (exact) mass is 438 g/mol. The van der Waals surface area contributed by atoms with E-state index >= 15 is 0 Å². The van der Waals surface area contributed by atoms with Crippen LogP contribution in [0.1, 0.15) is 44.7 Å². The molecular weight excluding hydrogens is 408 g/mol. The van der Waals surface area contributed by atoms with Crippen molar-refractivity contribution in [3.05, 3.63) is 59.7 Å². The third-order valence-electron chi connectivity index (χ3n) is 5.85. The molecule has 0 unspecified atom stereocenters. The van der Waals surface area contributed by atoms with Gasteiger partial charge in [0.2, 0.25) is 5.91 Å². The Morgan fingerprint density at radius 2 is 1.53 bits per heavy atom. The SMILES string of the molecule is CC(C)[C@@H](NC(=O)OCC1c2ccccc2-c2ccccc21)C(=O)NCC(C)(C)C(=O)O. The summed E-state index contributed by atoms with van der Waals surface area (Å²) in [5.74, 6) is -1.73. The zero-order valence-electron chi connectivity index (χ0n) is 18.8. The number of hydrogen-bond acceptors (Lipinski definition) is 4. The van der Waals surface area contributed by atoms with Gasteiger partial charge in [0.25, 0.3) is 0 Å². The van der Waals surface area contributed by atoms with E-state index in [1.165, 1.54) is 13.8 Å². The summed E-state index contributed by atoms with van der Waals surface area (Å²) in [6.07, 6.45) is -0.682. The van der Waals surface area contributed by atoms with E-state index in [0.29, 0.717) is 0 Å². The molecule has 2 aromatic carbocycles. The van der Waals surface area contributed by atoms with Crippen LogP contribution in [0.5, 0.6) is 0 Å². The molecule has 3 N–H and O–H groups in total. The minimum absolute atomic E-state index is 0.0449. The van der Waals surface area contributed by atoms with Gasteiger partial charge in [-0.15, -0.1) is 0 Å². The highest BCUT2D eigenvalue weighted by Gasteiger charge is 2.32. The summed E-state index contributed by atoms with van der Waals surface area (Å²) in [7, 11) is 0. The number of benzene rings is 2. The van der Waals surface area contributed by atoms with Crippen molar-refractivity contribution in [3.8, 4) is 11.1 Å². The first-order valence-electron chi connectivity index (χ1n) is 10.7. The van der Waals surface area contributed by atoms with Crippen molar-refractivity contribution in [2.45, 2.75) is 39.7 Å². The highest BCUT2D eigenvalue weighted by Crippen LogP contribution is 2.44. The Labute approximate surface area is 188 Å². The molecule has 1 aliphatic rings. The molecule has 2 amide bonds. The van der Waals surface area contributed by atoms with Crippen molar-refractivity contribution >= 4 is 18.0 Å². The number of hydrogen-bond donors (Lipinski definition) is 3. The van der Waals surface area contributed by atoms with Gasteiger partial charge in [0.15, 0.2) is 0 Å². The molecule has 2 aromatic rings. The van der Waals surface area contributed by atoms with Gasteiger partial charge in [-0.05, 0) is 42.0 Å². The van der Waals surface area contributed by atoms with E-state index < -0.39 is 29.4 Å². The molecule has 0 aliphatic heterocycles. The van der Waals surface area contributed by atoms with Crippen molar-refractivity contribution in [2.24, 2.45) is 11.3 Å². The fourth-order valence-corrected chi connectivity index (χ4v) is 3.80. The topological polar surface area (TPSA) is 105 Å². The third-order valence-corrected chi connectivity index (χ3v) is 5.85. The van der Waals surface area contributed by atoms with Gasteiger partial charge in [0.05, 0.1) is 5.41 Å². The maximum absolute atomic E-state index is 12.6. The van der Waals surface area contributed by atoms with Crippen LogP contribution in [0.25, 0.3) is 11.1 Å². The second kappa shape index (κ2) is 9.42. The van der Waals surface area contributed by atoms with E-state index in [0.717, 1.165) is 22.3 Å². The molecule has 1 atom stereocenters. The van der Waals surface area contributed by atoms with Crippen LogP contribution >= 0.6 is 0 Å². The molecule has 170 valence electrons. The predicted octanol–water partition coefficient (Wildman–Crippen LogP) is 3.78. The van der Waals surface area contributed by atoms with Gasteiger partial charge < -0.3 is 20.5 Å². The number of nitrogens with one attached hydrogen (secondary N) is 2. The van der Waals surface area contributed by atoms with Gasteiger partial charge >= 0.3 is 12.1 Å². The molecule has 0 saturated heterocycles. The second-order valence-electron chi connectivity index (χ2n) is 9.10.